The summed E-state index contributed by atoms with van der Waals surface area (Å²) >= 11 is 0. The van der Waals surface area contributed by atoms with E-state index in [1.165, 1.54) is 0 Å². The van der Waals surface area contributed by atoms with E-state index >= 15 is 0 Å². The minimum atomic E-state index is -1.20. The summed E-state index contributed by atoms with van der Waals surface area (Å²) in [6.07, 6.45) is -0.0824. The number of carbonyl (C=O) groups is 1. The van der Waals surface area contributed by atoms with E-state index in [1.807, 2.05) is 0 Å². The Hall–Kier alpha value is -2.06. The maximum absolute atomic E-state index is 13.0. The highest BCUT2D eigenvalue weighted by Gasteiger charge is 2.40. The number of ether oxygens (including phenoxy) is 1. The topological polar surface area (TPSA) is 102 Å². The Bertz CT molecular complexity index is 580. The fourth-order valence-corrected chi connectivity index (χ4v) is 2.18. The van der Waals surface area contributed by atoms with Gasteiger partial charge in [-0.1, -0.05) is 0 Å². The zero-order chi connectivity index (χ0) is 15.6. The van der Waals surface area contributed by atoms with Crippen molar-refractivity contribution < 1.29 is 24.0 Å². The highest BCUT2D eigenvalue weighted by Crippen LogP contribution is 2.25. The van der Waals surface area contributed by atoms with Crippen LogP contribution in [-0.4, -0.2) is 40.8 Å². The molecule has 0 bridgehead atoms. The lowest BCUT2D eigenvalue weighted by Crippen LogP contribution is -2.47. The van der Waals surface area contributed by atoms with E-state index in [1.54, 1.807) is 6.92 Å². The molecule has 2 rings (SSSR count). The fourth-order valence-electron chi connectivity index (χ4n) is 2.18. The summed E-state index contributed by atoms with van der Waals surface area (Å²) in [6.45, 7) is 1.96. The first-order chi connectivity index (χ1) is 9.83. The average Bonchev–Trinajstić information content (AvgIpc) is 2.76. The molecule has 1 aromatic rings. The molecule has 2 N–H and O–H groups in total. The number of nitro benzene ring substituents is 1. The van der Waals surface area contributed by atoms with Crippen molar-refractivity contribution in [1.29, 1.82) is 0 Å². The van der Waals surface area contributed by atoms with Gasteiger partial charge in [-0.15, -0.1) is 0 Å². The van der Waals surface area contributed by atoms with Crippen LogP contribution >= 0.6 is 0 Å². The van der Waals surface area contributed by atoms with Gasteiger partial charge in [0.15, 0.2) is 0 Å². The van der Waals surface area contributed by atoms with Gasteiger partial charge in [0, 0.05) is 19.6 Å². The number of nitro groups is 1. The molecule has 0 radical (unpaired) electrons. The lowest BCUT2D eigenvalue weighted by atomic mass is 9.96. The Morgan fingerprint density at radius 2 is 2.38 bits per heavy atom. The molecular formula is C13H15FN2O5. The van der Waals surface area contributed by atoms with Gasteiger partial charge in [-0.25, -0.2) is 4.39 Å². The van der Waals surface area contributed by atoms with E-state index in [-0.39, 0.29) is 12.1 Å². The van der Waals surface area contributed by atoms with Crippen LogP contribution in [-0.2, 0) is 4.74 Å². The molecule has 1 fully saturated rings. The van der Waals surface area contributed by atoms with Gasteiger partial charge >= 0.3 is 0 Å². The number of rotatable bonds is 4. The number of nitrogens with zero attached hydrogens (tertiary/aromatic N) is 1. The minimum absolute atomic E-state index is 0.0957. The predicted octanol–water partition coefficient (Wildman–Crippen LogP) is 1.00. The van der Waals surface area contributed by atoms with Crippen LogP contribution in [0.15, 0.2) is 18.2 Å². The molecule has 2 unspecified atom stereocenters. The van der Waals surface area contributed by atoms with E-state index < -0.39 is 34.0 Å². The molecule has 8 heteroatoms. The molecule has 1 aromatic carbocycles. The van der Waals surface area contributed by atoms with E-state index in [4.69, 9.17) is 4.74 Å². The van der Waals surface area contributed by atoms with E-state index in [0.29, 0.717) is 19.1 Å². The third-order valence-corrected chi connectivity index (χ3v) is 3.62. The van der Waals surface area contributed by atoms with Gasteiger partial charge in [0.25, 0.3) is 11.6 Å². The van der Waals surface area contributed by atoms with Crippen LogP contribution in [0.4, 0.5) is 10.1 Å². The summed E-state index contributed by atoms with van der Waals surface area (Å²) in [5, 5.41) is 23.5. The third-order valence-electron chi connectivity index (χ3n) is 3.62. The van der Waals surface area contributed by atoms with Crippen LogP contribution in [0.1, 0.15) is 23.7 Å². The van der Waals surface area contributed by atoms with Crippen molar-refractivity contribution >= 4 is 11.6 Å². The molecule has 114 valence electrons. The monoisotopic (exact) mass is 298 g/mol. The Morgan fingerprint density at radius 1 is 1.67 bits per heavy atom. The number of hydrogen-bond acceptors (Lipinski definition) is 5. The summed E-state index contributed by atoms with van der Waals surface area (Å²) in [4.78, 5) is 22.0. The van der Waals surface area contributed by atoms with E-state index in [0.717, 1.165) is 12.1 Å². The molecular weight excluding hydrogens is 283 g/mol. The summed E-state index contributed by atoms with van der Waals surface area (Å²) in [6, 6.07) is 2.70. The highest BCUT2D eigenvalue weighted by atomic mass is 19.1. The van der Waals surface area contributed by atoms with Gasteiger partial charge in [-0.3, -0.25) is 14.9 Å². The molecule has 1 amide bonds. The third kappa shape index (κ3) is 3.17. The van der Waals surface area contributed by atoms with Crippen LogP contribution in [0.2, 0.25) is 0 Å². The van der Waals surface area contributed by atoms with Gasteiger partial charge in [-0.2, -0.15) is 0 Å². The zero-order valence-electron chi connectivity index (χ0n) is 11.3. The minimum Gasteiger partial charge on any atom is -0.385 e. The fraction of sp³-hybridized carbons (Fsp3) is 0.462. The van der Waals surface area contributed by atoms with Crippen LogP contribution < -0.4 is 5.32 Å². The number of amides is 1. The van der Waals surface area contributed by atoms with Crippen molar-refractivity contribution in [2.75, 3.05) is 13.2 Å². The Labute approximate surface area is 119 Å². The molecule has 0 aliphatic carbocycles. The number of hydrogen-bond donors (Lipinski definition) is 2. The molecule has 1 aliphatic rings. The predicted molar refractivity (Wildman–Crippen MR) is 70.4 cm³/mol. The summed E-state index contributed by atoms with van der Waals surface area (Å²) in [5.41, 5.74) is -2.07. The second-order valence-electron chi connectivity index (χ2n) is 4.97. The molecule has 21 heavy (non-hydrogen) atoms. The quantitative estimate of drug-likeness (QED) is 0.638. The van der Waals surface area contributed by atoms with E-state index in [2.05, 4.69) is 5.32 Å². The first-order valence-corrected chi connectivity index (χ1v) is 6.39. The second-order valence-corrected chi connectivity index (χ2v) is 4.97. The van der Waals surface area contributed by atoms with Gasteiger partial charge in [0.05, 0.1) is 17.1 Å². The van der Waals surface area contributed by atoms with Crippen LogP contribution in [0.5, 0.6) is 0 Å². The van der Waals surface area contributed by atoms with Gasteiger partial charge < -0.3 is 15.2 Å². The molecule has 0 saturated carbocycles. The number of nitrogens with one attached hydrogen (secondary N) is 1. The van der Waals surface area contributed by atoms with Crippen LogP contribution in [0.25, 0.3) is 0 Å². The van der Waals surface area contributed by atoms with Crippen molar-refractivity contribution in [3.63, 3.8) is 0 Å². The number of aliphatic hydroxyl groups is 1. The summed E-state index contributed by atoms with van der Waals surface area (Å²) < 4.78 is 18.2. The van der Waals surface area contributed by atoms with Crippen LogP contribution in [0, 0.1) is 15.9 Å². The molecule has 1 heterocycles. The van der Waals surface area contributed by atoms with Gasteiger partial charge in [0.1, 0.15) is 17.0 Å². The lowest BCUT2D eigenvalue weighted by molar-refractivity contribution is -0.385. The Kier molecular flexibility index (Phi) is 4.19. The van der Waals surface area contributed by atoms with Crippen molar-refractivity contribution in [3.05, 3.63) is 39.7 Å². The smallest absolute Gasteiger partial charge is 0.285 e. The van der Waals surface area contributed by atoms with Crippen molar-refractivity contribution in [2.24, 2.45) is 0 Å². The standard InChI is InChI=1S/C13H15FN2O5/c1-8-13(18,4-5-21-8)7-15-12(17)10-3-2-9(14)6-11(10)16(19)20/h2-3,6,8,18H,4-5,7H2,1H3,(H,15,17). The molecule has 1 saturated heterocycles. The number of halogens is 1. The first kappa shape index (κ1) is 15.3. The zero-order valence-corrected chi connectivity index (χ0v) is 11.3. The summed E-state index contributed by atoms with van der Waals surface area (Å²) in [7, 11) is 0. The highest BCUT2D eigenvalue weighted by molar-refractivity contribution is 5.98. The van der Waals surface area contributed by atoms with Crippen molar-refractivity contribution in [1.82, 2.24) is 5.32 Å². The molecule has 7 nitrogen and oxygen atoms in total. The number of benzene rings is 1. The maximum atomic E-state index is 13.0. The molecule has 0 spiro atoms. The Balaban J connectivity index is 2.12. The normalized spacial score (nSPS) is 24.8. The summed E-state index contributed by atoms with van der Waals surface area (Å²) in [5.74, 6) is -1.54. The lowest BCUT2D eigenvalue weighted by Gasteiger charge is -2.26. The molecule has 0 aromatic heterocycles. The van der Waals surface area contributed by atoms with E-state index in [9.17, 15) is 24.4 Å². The maximum Gasteiger partial charge on any atom is 0.285 e. The largest absolute Gasteiger partial charge is 0.385 e. The second kappa shape index (κ2) is 5.74. The average molecular weight is 298 g/mol. The van der Waals surface area contributed by atoms with Crippen LogP contribution in [0.3, 0.4) is 0 Å². The first-order valence-electron chi connectivity index (χ1n) is 6.39. The van der Waals surface area contributed by atoms with Gasteiger partial charge in [-0.05, 0) is 19.1 Å². The van der Waals surface area contributed by atoms with Gasteiger partial charge in [0.2, 0.25) is 0 Å². The number of carbonyl (C=O) groups excluding carboxylic acids is 1. The molecule has 1 aliphatic heterocycles. The van der Waals surface area contributed by atoms with Crippen molar-refractivity contribution in [2.45, 2.75) is 25.0 Å². The molecule has 2 atom stereocenters. The van der Waals surface area contributed by atoms with Crippen molar-refractivity contribution in [3.8, 4) is 0 Å². The Morgan fingerprint density at radius 3 is 2.95 bits per heavy atom. The SMILES string of the molecule is CC1OCCC1(O)CNC(=O)c1ccc(F)cc1[N+](=O)[O-].